The van der Waals surface area contributed by atoms with E-state index in [4.69, 9.17) is 4.74 Å². The smallest absolute Gasteiger partial charge is 0.274 e. The van der Waals surface area contributed by atoms with Crippen LogP contribution in [-0.4, -0.2) is 29.5 Å². The summed E-state index contributed by atoms with van der Waals surface area (Å²) in [5, 5.41) is 6.03. The highest BCUT2D eigenvalue weighted by Crippen LogP contribution is 2.25. The van der Waals surface area contributed by atoms with Crippen LogP contribution < -0.4 is 15.4 Å². The van der Waals surface area contributed by atoms with Crippen molar-refractivity contribution in [3.63, 3.8) is 0 Å². The molecule has 0 radical (unpaired) electrons. The van der Waals surface area contributed by atoms with Gasteiger partial charge in [-0.25, -0.2) is 14.4 Å². The fraction of sp³-hybridized carbons (Fsp3) is 0.227. The molecule has 2 aromatic carbocycles. The van der Waals surface area contributed by atoms with E-state index in [0.29, 0.717) is 36.0 Å². The van der Waals surface area contributed by atoms with Crippen LogP contribution in [0.5, 0.6) is 5.75 Å². The van der Waals surface area contributed by atoms with Crippen LogP contribution in [0.1, 0.15) is 27.4 Å². The van der Waals surface area contributed by atoms with Gasteiger partial charge in [-0.1, -0.05) is 18.2 Å². The molecule has 0 aliphatic carbocycles. The number of rotatable bonds is 7. The van der Waals surface area contributed by atoms with Gasteiger partial charge in [0.05, 0.1) is 12.8 Å². The van der Waals surface area contributed by atoms with E-state index < -0.39 is 0 Å². The van der Waals surface area contributed by atoms with Gasteiger partial charge in [-0.05, 0) is 55.7 Å². The van der Waals surface area contributed by atoms with Crippen LogP contribution in [0.4, 0.5) is 15.9 Å². The molecule has 3 rings (SSSR count). The third-order valence-electron chi connectivity index (χ3n) is 4.31. The molecule has 1 amide bonds. The number of anilines is 2. The molecule has 0 saturated heterocycles. The molecule has 7 heteroatoms. The van der Waals surface area contributed by atoms with Crippen molar-refractivity contribution in [3.05, 3.63) is 77.0 Å². The molecule has 2 N–H and O–H groups in total. The Bertz CT molecular complexity index is 1010. The van der Waals surface area contributed by atoms with Crippen molar-refractivity contribution in [2.24, 2.45) is 0 Å². The molecule has 0 aliphatic rings. The lowest BCUT2D eigenvalue weighted by Crippen LogP contribution is -2.17. The second-order valence-corrected chi connectivity index (χ2v) is 6.65. The number of hydrogen-bond donors (Lipinski definition) is 2. The predicted molar refractivity (Wildman–Crippen MR) is 111 cm³/mol. The fourth-order valence-corrected chi connectivity index (χ4v) is 2.87. The molecular formula is C22H23FN4O2. The summed E-state index contributed by atoms with van der Waals surface area (Å²) in [5.41, 5.74) is 2.85. The van der Waals surface area contributed by atoms with Crippen molar-refractivity contribution in [1.29, 1.82) is 0 Å². The summed E-state index contributed by atoms with van der Waals surface area (Å²) in [6.45, 7) is 4.26. The van der Waals surface area contributed by atoms with E-state index in [1.165, 1.54) is 12.1 Å². The Morgan fingerprint density at radius 3 is 2.55 bits per heavy atom. The number of carbonyl (C=O) groups excluding carboxylic acids is 1. The molecule has 150 valence electrons. The number of hydrogen-bond acceptors (Lipinski definition) is 5. The van der Waals surface area contributed by atoms with Gasteiger partial charge in [-0.15, -0.1) is 0 Å². The van der Waals surface area contributed by atoms with Crippen LogP contribution in [0.2, 0.25) is 0 Å². The van der Waals surface area contributed by atoms with Gasteiger partial charge in [-0.2, -0.15) is 0 Å². The minimum Gasteiger partial charge on any atom is -0.495 e. The molecule has 1 heterocycles. The summed E-state index contributed by atoms with van der Waals surface area (Å²) in [7, 11) is 1.55. The topological polar surface area (TPSA) is 76.1 Å². The van der Waals surface area contributed by atoms with Gasteiger partial charge in [0, 0.05) is 12.6 Å². The first-order valence-electron chi connectivity index (χ1n) is 9.24. The van der Waals surface area contributed by atoms with Crippen molar-refractivity contribution < 1.29 is 13.9 Å². The van der Waals surface area contributed by atoms with E-state index in [1.54, 1.807) is 38.3 Å². The molecule has 0 aliphatic heterocycles. The van der Waals surface area contributed by atoms with Gasteiger partial charge < -0.3 is 15.4 Å². The Morgan fingerprint density at radius 1 is 1.07 bits per heavy atom. The summed E-state index contributed by atoms with van der Waals surface area (Å²) < 4.78 is 18.3. The molecule has 0 fully saturated rings. The van der Waals surface area contributed by atoms with Crippen LogP contribution in [0, 0.1) is 19.7 Å². The van der Waals surface area contributed by atoms with E-state index in [0.717, 1.165) is 11.1 Å². The second-order valence-electron chi connectivity index (χ2n) is 6.65. The van der Waals surface area contributed by atoms with E-state index >= 15 is 0 Å². The number of carbonyl (C=O) groups is 1. The van der Waals surface area contributed by atoms with Gasteiger partial charge in [0.25, 0.3) is 5.91 Å². The summed E-state index contributed by atoms with van der Waals surface area (Å²) in [6, 6.07) is 13.5. The number of ether oxygens (including phenoxy) is 1. The van der Waals surface area contributed by atoms with Crippen LogP contribution >= 0.6 is 0 Å². The van der Waals surface area contributed by atoms with Crippen molar-refractivity contribution in [2.45, 2.75) is 20.3 Å². The van der Waals surface area contributed by atoms with E-state index in [2.05, 4.69) is 20.6 Å². The molecule has 0 bridgehead atoms. The van der Waals surface area contributed by atoms with Crippen molar-refractivity contribution >= 4 is 17.4 Å². The third-order valence-corrected chi connectivity index (χ3v) is 4.31. The predicted octanol–water partition coefficient (Wildman–Crippen LogP) is 4.15. The number of benzene rings is 2. The number of amides is 1. The zero-order chi connectivity index (χ0) is 20.8. The maximum Gasteiger partial charge on any atom is 0.274 e. The highest BCUT2D eigenvalue weighted by atomic mass is 19.1. The number of halogens is 1. The van der Waals surface area contributed by atoms with Crippen LogP contribution in [0.15, 0.2) is 48.5 Å². The van der Waals surface area contributed by atoms with Crippen LogP contribution in [-0.2, 0) is 6.42 Å². The molecule has 0 unspecified atom stereocenters. The summed E-state index contributed by atoms with van der Waals surface area (Å²) in [6.07, 6.45) is 0.700. The van der Waals surface area contributed by atoms with Gasteiger partial charge in [0.2, 0.25) is 0 Å². The summed E-state index contributed by atoms with van der Waals surface area (Å²) >= 11 is 0. The second kappa shape index (κ2) is 9.14. The van der Waals surface area contributed by atoms with E-state index in [-0.39, 0.29) is 17.4 Å². The monoisotopic (exact) mass is 394 g/mol. The molecule has 29 heavy (non-hydrogen) atoms. The average molecular weight is 394 g/mol. The Hall–Kier alpha value is -3.48. The number of methoxy groups -OCH3 is 1. The number of aromatic nitrogens is 2. The standard InChI is InChI=1S/C22H23FN4O2/c1-14-4-9-20(29-3)18(12-14)27-22(28)19-13-21(26-15(2)25-19)24-11-10-16-5-7-17(23)8-6-16/h4-9,12-13H,10-11H2,1-3H3,(H,27,28)(H,24,25,26). The maximum absolute atomic E-state index is 13.0. The number of nitrogens with one attached hydrogen (secondary N) is 2. The Morgan fingerprint density at radius 2 is 1.83 bits per heavy atom. The largest absolute Gasteiger partial charge is 0.495 e. The van der Waals surface area contributed by atoms with Gasteiger partial charge in [-0.3, -0.25) is 4.79 Å². The maximum atomic E-state index is 13.0. The number of aryl methyl sites for hydroxylation is 2. The summed E-state index contributed by atoms with van der Waals surface area (Å²) in [4.78, 5) is 21.3. The average Bonchev–Trinajstić information content (AvgIpc) is 2.69. The van der Waals surface area contributed by atoms with Crippen LogP contribution in [0.25, 0.3) is 0 Å². The van der Waals surface area contributed by atoms with Gasteiger partial charge in [0.15, 0.2) is 0 Å². The zero-order valence-corrected chi connectivity index (χ0v) is 16.6. The quantitative estimate of drug-likeness (QED) is 0.630. The normalized spacial score (nSPS) is 10.5. The molecule has 3 aromatic rings. The molecule has 0 saturated carbocycles. The van der Waals surface area contributed by atoms with Crippen molar-refractivity contribution in [2.75, 3.05) is 24.3 Å². The molecule has 0 atom stereocenters. The minimum absolute atomic E-state index is 0.255. The molecule has 1 aromatic heterocycles. The molecule has 6 nitrogen and oxygen atoms in total. The zero-order valence-electron chi connectivity index (χ0n) is 16.6. The van der Waals surface area contributed by atoms with E-state index in [9.17, 15) is 9.18 Å². The minimum atomic E-state index is -0.346. The van der Waals surface area contributed by atoms with E-state index in [1.807, 2.05) is 19.1 Å². The highest BCUT2D eigenvalue weighted by molar-refractivity contribution is 6.04. The first kappa shape index (κ1) is 20.3. The van der Waals surface area contributed by atoms with Gasteiger partial charge >= 0.3 is 0 Å². The van der Waals surface area contributed by atoms with Crippen LogP contribution in [0.3, 0.4) is 0 Å². The SMILES string of the molecule is COc1ccc(C)cc1NC(=O)c1cc(NCCc2ccc(F)cc2)nc(C)n1. The first-order valence-corrected chi connectivity index (χ1v) is 9.24. The summed E-state index contributed by atoms with van der Waals surface area (Å²) in [5.74, 6) is 1.02. The highest BCUT2D eigenvalue weighted by Gasteiger charge is 2.13. The Labute approximate surface area is 169 Å². The first-order chi connectivity index (χ1) is 13.9. The fourth-order valence-electron chi connectivity index (χ4n) is 2.87. The molecule has 0 spiro atoms. The lowest BCUT2D eigenvalue weighted by molar-refractivity contribution is 0.102. The van der Waals surface area contributed by atoms with Crippen molar-refractivity contribution in [1.82, 2.24) is 9.97 Å². The Balaban J connectivity index is 1.68. The Kier molecular flexibility index (Phi) is 6.39. The van der Waals surface area contributed by atoms with Gasteiger partial charge in [0.1, 0.15) is 28.9 Å². The molecular weight excluding hydrogens is 371 g/mol. The number of nitrogens with zero attached hydrogens (tertiary/aromatic N) is 2. The lowest BCUT2D eigenvalue weighted by Gasteiger charge is -2.12. The third kappa shape index (κ3) is 5.51. The lowest BCUT2D eigenvalue weighted by atomic mass is 10.1. The van der Waals surface area contributed by atoms with Crippen molar-refractivity contribution in [3.8, 4) is 5.75 Å².